The van der Waals surface area contributed by atoms with Crippen LogP contribution in [0.4, 0.5) is 43.9 Å². The Morgan fingerprint density at radius 1 is 0.438 bits per heavy atom. The Balaban J connectivity index is 0.00000560. The second-order valence-electron chi connectivity index (χ2n) is 14.0. The van der Waals surface area contributed by atoms with Gasteiger partial charge in [0.2, 0.25) is 34.4 Å². The molecule has 2 aliphatic rings. The molecule has 0 fully saturated rings. The maximum atomic E-state index is 15.9. The normalized spacial score (nSPS) is 11.8. The predicted molar refractivity (Wildman–Crippen MR) is 216 cm³/mol. The molecule has 64 heavy (non-hydrogen) atoms. The second-order valence-corrected chi connectivity index (χ2v) is 14.0. The number of aromatic carboxylic acids is 1. The number of fused-ring (bicyclic) bond motifs is 8. The zero-order valence-corrected chi connectivity index (χ0v) is 33.5. The first-order valence-corrected chi connectivity index (χ1v) is 18.3. The van der Waals surface area contributed by atoms with Gasteiger partial charge in [0.25, 0.3) is 0 Å². The number of terminal acetylenes is 1. The fourth-order valence-electron chi connectivity index (χ4n) is 7.50. The Kier molecular flexibility index (Phi) is 11.1. The van der Waals surface area contributed by atoms with Crippen molar-refractivity contribution in [2.24, 2.45) is 0 Å². The molecule has 0 saturated carbocycles. The Morgan fingerprint density at radius 3 is 1.06 bits per heavy atom. The molecular formula is C47H20F10MgN4O2+2. The van der Waals surface area contributed by atoms with Gasteiger partial charge in [-0.2, -0.15) is 0 Å². The average molecular weight is 887 g/mol. The third-order valence-corrected chi connectivity index (χ3v) is 10.4. The summed E-state index contributed by atoms with van der Waals surface area (Å²) >= 11 is 0. The standard InChI is InChI=1S/C47H19F10N4O2.Mg/c1-2-19-3-5-20(6-4-19)31-23-11-15-27(58-23)33(35-37(48)41(52)45(56)42(53)38(35)49)29-17-13-25(60-29)32(21-7-9-22(10-8-21)47(62)63)26-14-18-30(61-26)34(28-16-12-24(31)59-28)36-39(50)43(54)46(57)44(55)40(36)51;/h1,3-18H,(H2-,58,59,60,61,62,63);/q-1;+2/p+1. The zero-order chi connectivity index (χ0) is 44.6. The molecule has 310 valence electrons. The summed E-state index contributed by atoms with van der Waals surface area (Å²) in [6.45, 7) is 0. The number of nitrogens with zero attached hydrogens (tertiary/aromatic N) is 2. The summed E-state index contributed by atoms with van der Waals surface area (Å²) in [5.41, 5.74) is -3.80. The molecule has 0 amide bonds. The number of benzene rings is 4. The van der Waals surface area contributed by atoms with Gasteiger partial charge in [-0.25, -0.2) is 58.7 Å². The smallest absolute Gasteiger partial charge is 0.656 e. The summed E-state index contributed by atoms with van der Waals surface area (Å²) < 4.78 is 152. The molecule has 2 aliphatic heterocycles. The third-order valence-electron chi connectivity index (χ3n) is 10.4. The number of halogens is 10. The van der Waals surface area contributed by atoms with Crippen molar-refractivity contribution in [3.05, 3.63) is 165 Å². The van der Waals surface area contributed by atoms with Gasteiger partial charge in [-0.1, -0.05) is 54.5 Å². The van der Waals surface area contributed by atoms with Crippen molar-refractivity contribution in [3.63, 3.8) is 0 Å². The van der Waals surface area contributed by atoms with Gasteiger partial charge in [0, 0.05) is 52.1 Å². The van der Waals surface area contributed by atoms with Crippen LogP contribution in [0.3, 0.4) is 0 Å². The van der Waals surface area contributed by atoms with Crippen molar-refractivity contribution in [3.8, 4) is 56.9 Å². The molecular weight excluding hydrogens is 867 g/mol. The van der Waals surface area contributed by atoms with Crippen LogP contribution in [0.1, 0.15) is 38.7 Å². The van der Waals surface area contributed by atoms with Crippen LogP contribution < -0.4 is 19.9 Å². The van der Waals surface area contributed by atoms with Crippen LogP contribution in [0.15, 0.2) is 72.8 Å². The summed E-state index contributed by atoms with van der Waals surface area (Å²) in [5.74, 6) is -21.3. The monoisotopic (exact) mass is 886 g/mol. The van der Waals surface area contributed by atoms with Gasteiger partial charge >= 0.3 is 29.0 Å². The minimum Gasteiger partial charge on any atom is -0.656 e. The molecule has 7 aromatic rings. The maximum Gasteiger partial charge on any atom is 2.00 e. The summed E-state index contributed by atoms with van der Waals surface area (Å²) in [6.07, 6.45) is 10.8. The summed E-state index contributed by atoms with van der Waals surface area (Å²) in [7, 11) is 0. The Morgan fingerprint density at radius 2 is 0.734 bits per heavy atom. The minimum atomic E-state index is -2.40. The topological polar surface area (TPSA) is 93.8 Å². The van der Waals surface area contributed by atoms with Gasteiger partial charge in [0.15, 0.2) is 46.5 Å². The largest absolute Gasteiger partial charge is 2.00 e. The van der Waals surface area contributed by atoms with Crippen LogP contribution >= 0.6 is 0 Å². The van der Waals surface area contributed by atoms with Gasteiger partial charge < -0.3 is 15.1 Å². The molecule has 0 spiro atoms. The van der Waals surface area contributed by atoms with Crippen LogP contribution in [0, 0.1) is 70.5 Å². The van der Waals surface area contributed by atoms with Crippen molar-refractivity contribution in [1.82, 2.24) is 9.97 Å². The van der Waals surface area contributed by atoms with E-state index in [9.17, 15) is 36.2 Å². The van der Waals surface area contributed by atoms with Gasteiger partial charge in [-0.3, -0.25) is 0 Å². The number of hydrogen-bond donors (Lipinski definition) is 1. The van der Waals surface area contributed by atoms with Crippen molar-refractivity contribution in [2.45, 2.75) is 0 Å². The number of carbonyl (C=O) groups is 1. The predicted octanol–water partition coefficient (Wildman–Crippen LogP) is 10.1. The van der Waals surface area contributed by atoms with E-state index < -0.39 is 86.4 Å². The number of carboxylic acids is 1. The molecule has 17 heteroatoms. The Bertz CT molecular complexity index is 3320. The number of hydrogen-bond acceptors (Lipinski definition) is 1. The number of aromatic amines is 2. The van der Waals surface area contributed by atoms with Crippen LogP contribution in [0.2, 0.25) is 0 Å². The van der Waals surface area contributed by atoms with Crippen molar-refractivity contribution in [1.29, 1.82) is 0 Å². The van der Waals surface area contributed by atoms with E-state index in [1.807, 2.05) is 0 Å². The molecule has 0 saturated heterocycles. The van der Waals surface area contributed by atoms with E-state index in [0.717, 1.165) is 0 Å². The zero-order valence-electron chi connectivity index (χ0n) is 32.1. The van der Waals surface area contributed by atoms with Crippen LogP contribution in [-0.2, 0) is 0 Å². The van der Waals surface area contributed by atoms with E-state index in [0.29, 0.717) is 11.1 Å². The number of nitrogens with one attached hydrogen (secondary N) is 2. The number of H-pyrrole nitrogens is 2. The van der Waals surface area contributed by atoms with Gasteiger partial charge in [0.1, 0.15) is 0 Å². The van der Waals surface area contributed by atoms with E-state index in [2.05, 4.69) is 25.9 Å². The first kappa shape index (κ1) is 43.2. The molecule has 0 radical (unpaired) electrons. The van der Waals surface area contributed by atoms with E-state index >= 15 is 17.6 Å². The van der Waals surface area contributed by atoms with Gasteiger partial charge in [0.05, 0.1) is 16.7 Å². The van der Waals surface area contributed by atoms with Crippen molar-refractivity contribution in [2.75, 3.05) is 0 Å². The van der Waals surface area contributed by atoms with E-state index in [-0.39, 0.29) is 90.1 Å². The molecule has 5 heterocycles. The Labute approximate surface area is 369 Å². The molecule has 4 aromatic carbocycles. The number of carboxylic acid groups (broad SMARTS) is 1. The molecule has 9 rings (SSSR count). The number of rotatable bonds is 5. The van der Waals surface area contributed by atoms with Crippen molar-refractivity contribution >= 4 is 75.4 Å². The average Bonchev–Trinajstić information content (AvgIpc) is 4.14. The fourth-order valence-corrected chi connectivity index (χ4v) is 7.50. The van der Waals surface area contributed by atoms with E-state index in [1.165, 1.54) is 72.8 Å². The SMILES string of the molecule is C#Cc1ccc(-c2c3[nH+]c(c(-c4c(F)c(F)c(F)c(F)c4F)c4ccc([n-]4)c(-c4ccc(C(=O)O)cc4)c4[nH+]c(c(-c5c(F)c(F)c(F)c(F)c5F)c5ccc2[n-]5)C=C4)C=C3)cc1.[Mg+2]. The molecule has 0 atom stereocenters. The molecule has 0 aliphatic carbocycles. The quantitative estimate of drug-likeness (QED) is 0.0613. The Hall–Kier alpha value is -7.42. The van der Waals surface area contributed by atoms with Crippen LogP contribution in [0.5, 0.6) is 0 Å². The number of aromatic nitrogens is 4. The molecule has 8 bridgehead atoms. The van der Waals surface area contributed by atoms with Gasteiger partial charge in [-0.05, 0) is 35.4 Å². The molecule has 3 N–H and O–H groups in total. The maximum absolute atomic E-state index is 15.9. The first-order chi connectivity index (χ1) is 30.2. The second kappa shape index (κ2) is 16.4. The van der Waals surface area contributed by atoms with Gasteiger partial charge in [-0.15, -0.1) is 28.5 Å². The summed E-state index contributed by atoms with van der Waals surface area (Å²) in [5, 5.41) is 9.58. The fraction of sp³-hybridized carbons (Fsp3) is 0. The minimum absolute atomic E-state index is 0. The van der Waals surface area contributed by atoms with E-state index in [4.69, 9.17) is 6.42 Å². The summed E-state index contributed by atoms with van der Waals surface area (Å²) in [6, 6.07) is 16.5. The van der Waals surface area contributed by atoms with E-state index in [1.54, 1.807) is 24.3 Å². The third kappa shape index (κ3) is 6.91. The molecule has 6 nitrogen and oxygen atoms in total. The summed E-state index contributed by atoms with van der Waals surface area (Å²) in [4.78, 5) is 26.8. The molecule has 0 unspecified atom stereocenters. The first-order valence-electron chi connectivity index (χ1n) is 18.3. The van der Waals surface area contributed by atoms with Crippen LogP contribution in [-0.4, -0.2) is 34.1 Å². The molecule has 3 aromatic heterocycles. The van der Waals surface area contributed by atoms with Crippen molar-refractivity contribution < 1.29 is 63.8 Å². The van der Waals surface area contributed by atoms with Crippen LogP contribution in [0.25, 0.3) is 90.9 Å².